The summed E-state index contributed by atoms with van der Waals surface area (Å²) in [6, 6.07) is 7.04. The average Bonchev–Trinajstić information content (AvgIpc) is 2.55. The summed E-state index contributed by atoms with van der Waals surface area (Å²) in [6.45, 7) is 1.98. The molecular formula is C16H23ClN2O4S. The lowest BCUT2D eigenvalue weighted by Crippen LogP contribution is -2.40. The van der Waals surface area contributed by atoms with Crippen LogP contribution in [0.4, 0.5) is 0 Å². The molecule has 0 unspecified atom stereocenters. The maximum atomic E-state index is 12.1. The molecule has 6 nitrogen and oxygen atoms in total. The third-order valence-corrected chi connectivity index (χ3v) is 5.50. The molecule has 1 amide bonds. The lowest BCUT2D eigenvalue weighted by Gasteiger charge is -2.23. The fourth-order valence-electron chi connectivity index (χ4n) is 2.56. The molecule has 1 saturated heterocycles. The Labute approximate surface area is 148 Å². The predicted molar refractivity (Wildman–Crippen MR) is 93.3 cm³/mol. The van der Waals surface area contributed by atoms with Crippen molar-refractivity contribution in [3.8, 4) is 0 Å². The van der Waals surface area contributed by atoms with Crippen LogP contribution in [0.15, 0.2) is 24.3 Å². The van der Waals surface area contributed by atoms with Gasteiger partial charge in [0.1, 0.15) is 0 Å². The first-order valence-corrected chi connectivity index (χ1v) is 10.1. The lowest BCUT2D eigenvalue weighted by atomic mass is 9.99. The molecule has 0 spiro atoms. The highest BCUT2D eigenvalue weighted by Crippen LogP contribution is 2.15. The minimum Gasteiger partial charge on any atom is -0.381 e. The van der Waals surface area contributed by atoms with Crippen LogP contribution >= 0.6 is 11.6 Å². The van der Waals surface area contributed by atoms with E-state index in [2.05, 4.69) is 5.32 Å². The average molecular weight is 375 g/mol. The van der Waals surface area contributed by atoms with E-state index in [0.717, 1.165) is 5.56 Å². The summed E-state index contributed by atoms with van der Waals surface area (Å²) in [5.74, 6) is -0.0695. The van der Waals surface area contributed by atoms with Crippen molar-refractivity contribution >= 4 is 27.5 Å². The van der Waals surface area contributed by atoms with Crippen LogP contribution in [0.2, 0.25) is 5.02 Å². The molecule has 0 aliphatic carbocycles. The summed E-state index contributed by atoms with van der Waals surface area (Å²) >= 11 is 5.84. The Morgan fingerprint density at radius 1 is 1.29 bits per heavy atom. The lowest BCUT2D eigenvalue weighted by molar-refractivity contribution is -0.127. The predicted octanol–water partition coefficient (Wildman–Crippen LogP) is 1.64. The maximum Gasteiger partial charge on any atom is 0.223 e. The van der Waals surface area contributed by atoms with Crippen LogP contribution < -0.4 is 5.32 Å². The molecule has 134 valence electrons. The third-order valence-electron chi connectivity index (χ3n) is 3.99. The maximum absolute atomic E-state index is 12.1. The van der Waals surface area contributed by atoms with E-state index in [-0.39, 0.29) is 31.5 Å². The Morgan fingerprint density at radius 3 is 2.50 bits per heavy atom. The van der Waals surface area contributed by atoms with Gasteiger partial charge in [-0.3, -0.25) is 4.79 Å². The summed E-state index contributed by atoms with van der Waals surface area (Å²) in [6.07, 6.45) is 2.60. The van der Waals surface area contributed by atoms with Gasteiger partial charge in [-0.25, -0.2) is 8.42 Å². The number of sulfonamides is 1. The molecule has 0 radical (unpaired) electrons. The van der Waals surface area contributed by atoms with Gasteiger partial charge in [0.2, 0.25) is 15.9 Å². The third kappa shape index (κ3) is 6.05. The van der Waals surface area contributed by atoms with E-state index in [0.29, 0.717) is 31.1 Å². The number of hydrogen-bond donors (Lipinski definition) is 1. The zero-order valence-corrected chi connectivity index (χ0v) is 15.3. The minimum atomic E-state index is -3.37. The van der Waals surface area contributed by atoms with Gasteiger partial charge >= 0.3 is 0 Å². The van der Waals surface area contributed by atoms with Crippen LogP contribution in [0, 0.1) is 5.92 Å². The summed E-state index contributed by atoms with van der Waals surface area (Å²) in [5.41, 5.74) is 0.848. The molecule has 0 bridgehead atoms. The monoisotopic (exact) mass is 374 g/mol. The zero-order chi connectivity index (χ0) is 17.6. The smallest absolute Gasteiger partial charge is 0.223 e. The van der Waals surface area contributed by atoms with Gasteiger partial charge in [-0.2, -0.15) is 4.31 Å². The summed E-state index contributed by atoms with van der Waals surface area (Å²) in [4.78, 5) is 12.1. The minimum absolute atomic E-state index is 0.0294. The van der Waals surface area contributed by atoms with Gasteiger partial charge in [0, 0.05) is 43.8 Å². The number of carbonyl (C=O) groups excluding carboxylic acids is 1. The number of amides is 1. The number of rotatable bonds is 7. The van der Waals surface area contributed by atoms with Crippen molar-refractivity contribution in [3.63, 3.8) is 0 Å². The van der Waals surface area contributed by atoms with Crippen molar-refractivity contribution in [2.75, 3.05) is 32.6 Å². The van der Waals surface area contributed by atoms with Crippen molar-refractivity contribution in [1.82, 2.24) is 9.62 Å². The Hall–Kier alpha value is -1.15. The molecule has 0 atom stereocenters. The highest BCUT2D eigenvalue weighted by Gasteiger charge is 2.22. The first-order chi connectivity index (χ1) is 11.4. The number of carbonyl (C=O) groups is 1. The molecule has 1 N–H and O–H groups in total. The Bertz CT molecular complexity index is 643. The molecule has 1 aliphatic heterocycles. The van der Waals surface area contributed by atoms with Crippen LogP contribution in [0.1, 0.15) is 18.4 Å². The molecule has 0 saturated carbocycles. The fourth-order valence-corrected chi connectivity index (χ4v) is 3.50. The van der Waals surface area contributed by atoms with E-state index >= 15 is 0 Å². The standard InChI is InChI=1S/C16H23ClN2O4S/c1-24(21,22)19(12-13-2-4-15(17)5-3-13)9-8-18-16(20)14-6-10-23-11-7-14/h2-5,14H,6-12H2,1H3,(H,18,20). The van der Waals surface area contributed by atoms with E-state index in [9.17, 15) is 13.2 Å². The van der Waals surface area contributed by atoms with Crippen LogP contribution in [0.5, 0.6) is 0 Å². The summed E-state index contributed by atoms with van der Waals surface area (Å²) in [7, 11) is -3.37. The summed E-state index contributed by atoms with van der Waals surface area (Å²) < 4.78 is 30.5. The van der Waals surface area contributed by atoms with Crippen molar-refractivity contribution in [2.45, 2.75) is 19.4 Å². The fraction of sp³-hybridized carbons (Fsp3) is 0.562. The topological polar surface area (TPSA) is 75.7 Å². The highest BCUT2D eigenvalue weighted by molar-refractivity contribution is 7.88. The molecule has 0 aromatic heterocycles. The van der Waals surface area contributed by atoms with E-state index in [4.69, 9.17) is 16.3 Å². The van der Waals surface area contributed by atoms with Crippen LogP contribution in [0.3, 0.4) is 0 Å². The van der Waals surface area contributed by atoms with E-state index in [1.54, 1.807) is 24.3 Å². The quantitative estimate of drug-likeness (QED) is 0.787. The molecule has 1 aromatic rings. The van der Waals surface area contributed by atoms with Gasteiger partial charge in [0.05, 0.1) is 6.26 Å². The van der Waals surface area contributed by atoms with Gasteiger partial charge < -0.3 is 10.1 Å². The van der Waals surface area contributed by atoms with Crippen molar-refractivity contribution in [3.05, 3.63) is 34.9 Å². The van der Waals surface area contributed by atoms with Gasteiger partial charge in [0.15, 0.2) is 0 Å². The largest absolute Gasteiger partial charge is 0.381 e. The van der Waals surface area contributed by atoms with Gasteiger partial charge in [-0.1, -0.05) is 23.7 Å². The number of hydrogen-bond acceptors (Lipinski definition) is 4. The molecule has 2 rings (SSSR count). The molecule has 1 fully saturated rings. The first-order valence-electron chi connectivity index (χ1n) is 7.91. The van der Waals surface area contributed by atoms with E-state index < -0.39 is 10.0 Å². The molecule has 8 heteroatoms. The second-order valence-electron chi connectivity index (χ2n) is 5.90. The Balaban J connectivity index is 1.87. The number of ether oxygens (including phenoxy) is 1. The molecule has 24 heavy (non-hydrogen) atoms. The highest BCUT2D eigenvalue weighted by atomic mass is 35.5. The van der Waals surface area contributed by atoms with Gasteiger partial charge in [-0.15, -0.1) is 0 Å². The van der Waals surface area contributed by atoms with E-state index in [1.165, 1.54) is 10.6 Å². The Kier molecular flexibility index (Phi) is 7.03. The van der Waals surface area contributed by atoms with Crippen molar-refractivity contribution in [1.29, 1.82) is 0 Å². The van der Waals surface area contributed by atoms with Gasteiger partial charge in [0.25, 0.3) is 0 Å². The number of nitrogens with one attached hydrogen (secondary N) is 1. The normalized spacial score (nSPS) is 16.3. The van der Waals surface area contributed by atoms with Crippen molar-refractivity contribution in [2.24, 2.45) is 5.92 Å². The number of benzene rings is 1. The second-order valence-corrected chi connectivity index (χ2v) is 8.32. The summed E-state index contributed by atoms with van der Waals surface area (Å²) in [5, 5.41) is 3.43. The van der Waals surface area contributed by atoms with Gasteiger partial charge in [-0.05, 0) is 30.5 Å². The van der Waals surface area contributed by atoms with Crippen LogP contribution in [-0.2, 0) is 26.1 Å². The molecule has 1 heterocycles. The Morgan fingerprint density at radius 2 is 1.92 bits per heavy atom. The van der Waals surface area contributed by atoms with Crippen molar-refractivity contribution < 1.29 is 17.9 Å². The molecule has 1 aromatic carbocycles. The first kappa shape index (κ1) is 19.2. The molecule has 1 aliphatic rings. The van der Waals surface area contributed by atoms with Crippen LogP contribution in [0.25, 0.3) is 0 Å². The molecular weight excluding hydrogens is 352 g/mol. The second kappa shape index (κ2) is 8.80. The van der Waals surface area contributed by atoms with Crippen LogP contribution in [-0.4, -0.2) is 51.2 Å². The van der Waals surface area contributed by atoms with E-state index in [1.807, 2.05) is 0 Å². The number of nitrogens with zero attached hydrogens (tertiary/aromatic N) is 1. The number of halogens is 1. The zero-order valence-electron chi connectivity index (χ0n) is 13.7. The SMILES string of the molecule is CS(=O)(=O)N(CCNC(=O)C1CCOCC1)Cc1ccc(Cl)cc1.